The molecule has 5 rings (SSSR count). The molecular weight excluding hydrogens is 534 g/mol. The van der Waals surface area contributed by atoms with E-state index in [1.807, 2.05) is 0 Å². The Balaban J connectivity index is 1.45. The maximum Gasteiger partial charge on any atom is 0.439 e. The molecule has 0 saturated heterocycles. The summed E-state index contributed by atoms with van der Waals surface area (Å²) >= 11 is 6.08. The highest BCUT2D eigenvalue weighted by molar-refractivity contribution is 7.90. The van der Waals surface area contributed by atoms with Crippen molar-refractivity contribution < 1.29 is 22.5 Å². The zero-order valence-electron chi connectivity index (χ0n) is 19.5. The van der Waals surface area contributed by atoms with Crippen molar-refractivity contribution in [3.8, 4) is 11.4 Å². The number of rotatable bonds is 6. The van der Waals surface area contributed by atoms with Gasteiger partial charge in [-0.1, -0.05) is 41.0 Å². The van der Waals surface area contributed by atoms with Crippen molar-refractivity contribution in [1.29, 1.82) is 0 Å². The summed E-state index contributed by atoms with van der Waals surface area (Å²) in [5, 5.41) is 10.1. The lowest BCUT2D eigenvalue weighted by atomic mass is 10.1. The minimum Gasteiger partial charge on any atom is -0.349 e. The predicted molar refractivity (Wildman–Crippen MR) is 141 cm³/mol. The topological polar surface area (TPSA) is 167 Å². The minimum atomic E-state index is -3.63. The summed E-state index contributed by atoms with van der Waals surface area (Å²) in [5.74, 6) is -1.81. The molecule has 0 saturated carbocycles. The van der Waals surface area contributed by atoms with Gasteiger partial charge in [-0.15, -0.1) is 0 Å². The summed E-state index contributed by atoms with van der Waals surface area (Å²) in [6.07, 6.45) is 1.03. The van der Waals surface area contributed by atoms with E-state index in [-0.39, 0.29) is 22.0 Å². The van der Waals surface area contributed by atoms with Crippen molar-refractivity contribution in [3.05, 3.63) is 93.6 Å². The molecule has 5 aromatic rings. The monoisotopic (exact) mass is 551 g/mol. The number of aromatic amines is 2. The molecule has 0 aliphatic rings. The largest absolute Gasteiger partial charge is 0.439 e. The van der Waals surface area contributed by atoms with Crippen molar-refractivity contribution in [3.63, 3.8) is 0 Å². The summed E-state index contributed by atoms with van der Waals surface area (Å²) in [4.78, 5) is 42.8. The fraction of sp³-hybridized carbons (Fsp3) is 0.0400. The summed E-state index contributed by atoms with van der Waals surface area (Å²) in [6.45, 7) is 0. The number of aromatic nitrogens is 3. The molecule has 2 amide bonds. The molecule has 0 fully saturated rings. The highest BCUT2D eigenvalue weighted by atomic mass is 35.5. The first-order chi connectivity index (χ1) is 18.1. The van der Waals surface area contributed by atoms with E-state index in [0.29, 0.717) is 32.9 Å². The molecule has 2 heterocycles. The smallest absolute Gasteiger partial charge is 0.349 e. The number of nitrogens with one attached hydrogen (secondary N) is 4. The van der Waals surface area contributed by atoms with Crippen LogP contribution in [0.1, 0.15) is 20.8 Å². The van der Waals surface area contributed by atoms with Gasteiger partial charge in [-0.2, -0.15) is 0 Å². The van der Waals surface area contributed by atoms with Crippen LogP contribution < -0.4 is 16.4 Å². The van der Waals surface area contributed by atoms with Gasteiger partial charge in [-0.3, -0.25) is 19.1 Å². The van der Waals surface area contributed by atoms with E-state index in [2.05, 4.69) is 30.3 Å². The van der Waals surface area contributed by atoms with E-state index in [1.54, 1.807) is 42.5 Å². The molecule has 38 heavy (non-hydrogen) atoms. The van der Waals surface area contributed by atoms with Crippen molar-refractivity contribution >= 4 is 55.5 Å². The lowest BCUT2D eigenvalue weighted by molar-refractivity contribution is 0.101. The number of halogens is 1. The summed E-state index contributed by atoms with van der Waals surface area (Å²) in [5.41, 5.74) is 1.63. The van der Waals surface area contributed by atoms with Crippen molar-refractivity contribution in [1.82, 2.24) is 15.1 Å². The standard InChI is InChI=1S/C25H18ClN5O6S/c1-38(35,36)20-8-3-2-6-15(20)23(32)29-18-7-4-5-13-11-19(27-21(13)18)24(33)28-17-10-9-14(26)12-16(17)22-30-25(34)37-31-22/h2-12,27H,1H3,(H,28,33)(H,29,32)(H,30,31,34). The van der Waals surface area contributed by atoms with Gasteiger partial charge >= 0.3 is 5.76 Å². The number of hydrogen-bond acceptors (Lipinski definition) is 7. The predicted octanol–water partition coefficient (Wildman–Crippen LogP) is 4.07. The second-order valence-corrected chi connectivity index (χ2v) is 10.7. The number of H-pyrrole nitrogens is 2. The van der Waals surface area contributed by atoms with E-state index in [1.165, 1.54) is 24.3 Å². The number of carbonyl (C=O) groups excluding carboxylic acids is 2. The number of nitrogens with zero attached hydrogens (tertiary/aromatic N) is 1. The first-order valence-electron chi connectivity index (χ1n) is 11.0. The summed E-state index contributed by atoms with van der Waals surface area (Å²) in [6, 6.07) is 17.2. The molecule has 0 aliphatic carbocycles. The molecule has 192 valence electrons. The maximum absolute atomic E-state index is 13.1. The number of benzene rings is 3. The zero-order chi connectivity index (χ0) is 27.0. The molecule has 0 atom stereocenters. The molecule has 0 radical (unpaired) electrons. The fourth-order valence-corrected chi connectivity index (χ4v) is 4.96. The van der Waals surface area contributed by atoms with Gasteiger partial charge in [0.1, 0.15) is 5.69 Å². The molecule has 2 aromatic heterocycles. The summed E-state index contributed by atoms with van der Waals surface area (Å²) in [7, 11) is -3.63. The van der Waals surface area contributed by atoms with E-state index >= 15 is 0 Å². The Morgan fingerprint density at radius 3 is 2.42 bits per heavy atom. The van der Waals surface area contributed by atoms with Crippen LogP contribution in [-0.2, 0) is 9.84 Å². The second kappa shape index (κ2) is 9.65. The van der Waals surface area contributed by atoms with Crippen LogP contribution in [0.4, 0.5) is 11.4 Å². The normalized spacial score (nSPS) is 11.4. The molecule has 4 N–H and O–H groups in total. The van der Waals surface area contributed by atoms with Crippen LogP contribution in [0.5, 0.6) is 0 Å². The highest BCUT2D eigenvalue weighted by Crippen LogP contribution is 2.30. The molecular formula is C25H18ClN5O6S. The van der Waals surface area contributed by atoms with Gasteiger partial charge in [0, 0.05) is 22.2 Å². The van der Waals surface area contributed by atoms with Crippen LogP contribution in [0.15, 0.2) is 80.9 Å². The van der Waals surface area contributed by atoms with Gasteiger partial charge in [-0.05, 0) is 42.5 Å². The first kappa shape index (κ1) is 25.0. The third-order valence-electron chi connectivity index (χ3n) is 5.61. The number of anilines is 2. The fourth-order valence-electron chi connectivity index (χ4n) is 3.91. The summed E-state index contributed by atoms with van der Waals surface area (Å²) < 4.78 is 28.8. The van der Waals surface area contributed by atoms with Crippen LogP contribution in [-0.4, -0.2) is 41.6 Å². The number of amides is 2. The van der Waals surface area contributed by atoms with Gasteiger partial charge in [-0.25, -0.2) is 13.2 Å². The molecule has 13 heteroatoms. The molecule has 0 aliphatic heterocycles. The van der Waals surface area contributed by atoms with E-state index in [4.69, 9.17) is 11.6 Å². The van der Waals surface area contributed by atoms with E-state index in [9.17, 15) is 22.8 Å². The second-order valence-electron chi connectivity index (χ2n) is 8.26. The molecule has 11 nitrogen and oxygen atoms in total. The molecule has 0 unspecified atom stereocenters. The van der Waals surface area contributed by atoms with Gasteiger partial charge in [0.05, 0.1) is 27.4 Å². The third-order valence-corrected chi connectivity index (χ3v) is 7.00. The van der Waals surface area contributed by atoms with Crippen molar-refractivity contribution in [2.45, 2.75) is 4.90 Å². The number of carbonyl (C=O) groups is 2. The number of para-hydroxylation sites is 1. The lowest BCUT2D eigenvalue weighted by Gasteiger charge is -2.10. The van der Waals surface area contributed by atoms with Gasteiger partial charge in [0.2, 0.25) is 0 Å². The average molecular weight is 552 g/mol. The number of hydrogen-bond donors (Lipinski definition) is 4. The average Bonchev–Trinajstić information content (AvgIpc) is 3.51. The van der Waals surface area contributed by atoms with Crippen molar-refractivity contribution in [2.24, 2.45) is 0 Å². The van der Waals surface area contributed by atoms with Crippen LogP contribution in [0.3, 0.4) is 0 Å². The number of fused-ring (bicyclic) bond motifs is 1. The first-order valence-corrected chi connectivity index (χ1v) is 13.3. The third kappa shape index (κ3) is 4.94. The van der Waals surface area contributed by atoms with Crippen LogP contribution >= 0.6 is 11.6 Å². The van der Waals surface area contributed by atoms with E-state index < -0.39 is 27.4 Å². The SMILES string of the molecule is CS(=O)(=O)c1ccccc1C(=O)Nc1cccc2cc(C(=O)Nc3ccc(Cl)cc3-c3noc(=O)[nH]3)[nH]c12. The molecule has 0 bridgehead atoms. The Hall–Kier alpha value is -4.68. The maximum atomic E-state index is 13.1. The van der Waals surface area contributed by atoms with Gasteiger partial charge in [0.15, 0.2) is 15.7 Å². The van der Waals surface area contributed by atoms with Crippen LogP contribution in [0.2, 0.25) is 5.02 Å². The number of sulfone groups is 1. The van der Waals surface area contributed by atoms with Gasteiger partial charge < -0.3 is 15.6 Å². The minimum absolute atomic E-state index is 0.00214. The lowest BCUT2D eigenvalue weighted by Crippen LogP contribution is -2.16. The molecule has 0 spiro atoms. The van der Waals surface area contributed by atoms with Crippen LogP contribution in [0.25, 0.3) is 22.3 Å². The Morgan fingerprint density at radius 1 is 0.921 bits per heavy atom. The van der Waals surface area contributed by atoms with Crippen LogP contribution in [0, 0.1) is 0 Å². The Kier molecular flexibility index (Phi) is 6.35. The zero-order valence-corrected chi connectivity index (χ0v) is 21.1. The Bertz CT molecular complexity index is 1890. The van der Waals surface area contributed by atoms with E-state index in [0.717, 1.165) is 6.26 Å². The van der Waals surface area contributed by atoms with Gasteiger partial charge in [0.25, 0.3) is 11.8 Å². The Morgan fingerprint density at radius 2 is 1.68 bits per heavy atom. The molecule has 3 aromatic carbocycles. The Labute approximate surface area is 219 Å². The van der Waals surface area contributed by atoms with Crippen molar-refractivity contribution in [2.75, 3.05) is 16.9 Å². The quantitative estimate of drug-likeness (QED) is 0.246. The highest BCUT2D eigenvalue weighted by Gasteiger charge is 2.20.